The first-order chi connectivity index (χ1) is 5.63. The van der Waals surface area contributed by atoms with Gasteiger partial charge >= 0.3 is 0 Å². The molecule has 12 heavy (non-hydrogen) atoms. The van der Waals surface area contributed by atoms with Crippen LogP contribution in [0.2, 0.25) is 0 Å². The van der Waals surface area contributed by atoms with E-state index in [1.54, 1.807) is 6.92 Å². The van der Waals surface area contributed by atoms with E-state index in [1.165, 1.54) is 12.8 Å². The number of ketones is 1. The molecule has 3 aliphatic rings. The van der Waals surface area contributed by atoms with E-state index < -0.39 is 0 Å². The third kappa shape index (κ3) is 1.08. The van der Waals surface area contributed by atoms with Crippen molar-refractivity contribution in [2.24, 2.45) is 11.8 Å². The number of allylic oxidation sites excluding steroid dienone is 2. The Morgan fingerprint density at radius 2 is 2.25 bits per heavy atom. The van der Waals surface area contributed by atoms with Crippen LogP contribution in [0.5, 0.6) is 0 Å². The Balaban J connectivity index is 2.31. The molecule has 0 heterocycles. The number of hydrogen-bond acceptors (Lipinski definition) is 1. The van der Waals surface area contributed by atoms with Gasteiger partial charge in [0.1, 0.15) is 5.78 Å². The molecule has 0 unspecified atom stereocenters. The lowest BCUT2D eigenvalue weighted by molar-refractivity contribution is -0.121. The summed E-state index contributed by atoms with van der Waals surface area (Å²) in [5.74, 6) is 1.37. The van der Waals surface area contributed by atoms with Gasteiger partial charge in [-0.05, 0) is 38.0 Å². The van der Waals surface area contributed by atoms with E-state index in [0.717, 1.165) is 6.42 Å². The number of halogens is 1. The zero-order chi connectivity index (χ0) is 8.77. The van der Waals surface area contributed by atoms with Crippen molar-refractivity contribution in [1.29, 1.82) is 0 Å². The van der Waals surface area contributed by atoms with Crippen LogP contribution in [0.1, 0.15) is 26.2 Å². The Morgan fingerprint density at radius 1 is 1.50 bits per heavy atom. The van der Waals surface area contributed by atoms with Gasteiger partial charge in [0, 0.05) is 0 Å². The van der Waals surface area contributed by atoms with Crippen molar-refractivity contribution in [3.8, 4) is 0 Å². The quantitative estimate of drug-likeness (QED) is 0.499. The van der Waals surface area contributed by atoms with Crippen LogP contribution in [0.3, 0.4) is 0 Å². The molecule has 66 valence electrons. The van der Waals surface area contributed by atoms with Gasteiger partial charge in [0.15, 0.2) is 0 Å². The highest BCUT2D eigenvalue weighted by Gasteiger charge is 2.46. The van der Waals surface area contributed by atoms with Gasteiger partial charge in [-0.3, -0.25) is 4.79 Å². The van der Waals surface area contributed by atoms with E-state index in [0.29, 0.717) is 17.6 Å². The van der Waals surface area contributed by atoms with E-state index in [9.17, 15) is 4.79 Å². The summed E-state index contributed by atoms with van der Waals surface area (Å²) in [4.78, 5) is 11.4. The summed E-state index contributed by atoms with van der Waals surface area (Å²) in [6, 6.07) is 0. The summed E-state index contributed by atoms with van der Waals surface area (Å²) in [5.41, 5.74) is 0. The van der Waals surface area contributed by atoms with Crippen molar-refractivity contribution in [2.45, 2.75) is 30.5 Å². The number of fused-ring (bicyclic) bond motifs is 2. The molecule has 0 aromatic heterocycles. The molecule has 3 aliphatic carbocycles. The molecule has 0 N–H and O–H groups in total. The Bertz CT molecular complexity index is 246. The highest BCUT2D eigenvalue weighted by atomic mass is 79.9. The predicted molar refractivity (Wildman–Crippen MR) is 52.3 cm³/mol. The third-order valence-electron chi connectivity index (χ3n) is 3.20. The number of carbonyl (C=O) groups excluding carboxylic acids is 1. The first kappa shape index (κ1) is 8.49. The van der Waals surface area contributed by atoms with Crippen molar-refractivity contribution < 1.29 is 4.79 Å². The van der Waals surface area contributed by atoms with Crippen molar-refractivity contribution in [2.75, 3.05) is 0 Å². The third-order valence-corrected chi connectivity index (χ3v) is 4.67. The predicted octanol–water partition coefficient (Wildman–Crippen LogP) is 2.70. The minimum Gasteiger partial charge on any atom is -0.298 e. The largest absolute Gasteiger partial charge is 0.298 e. The maximum absolute atomic E-state index is 11.4. The monoisotopic (exact) mass is 228 g/mol. The maximum atomic E-state index is 11.4. The lowest BCUT2D eigenvalue weighted by atomic mass is 9.68. The van der Waals surface area contributed by atoms with Crippen LogP contribution in [-0.2, 0) is 4.79 Å². The lowest BCUT2D eigenvalue weighted by Gasteiger charge is -2.43. The molecule has 0 spiro atoms. The first-order valence-electron chi connectivity index (χ1n) is 4.51. The highest BCUT2D eigenvalue weighted by molar-refractivity contribution is 9.10. The normalized spacial score (nSPS) is 44.8. The van der Waals surface area contributed by atoms with Gasteiger partial charge in [-0.1, -0.05) is 28.1 Å². The average molecular weight is 229 g/mol. The fourth-order valence-corrected chi connectivity index (χ4v) is 3.16. The summed E-state index contributed by atoms with van der Waals surface area (Å²) in [6.07, 6.45) is 7.93. The fourth-order valence-electron chi connectivity index (χ4n) is 2.37. The van der Waals surface area contributed by atoms with Gasteiger partial charge in [0.2, 0.25) is 0 Å². The van der Waals surface area contributed by atoms with E-state index >= 15 is 0 Å². The minimum absolute atomic E-state index is 0.218. The molecule has 0 amide bonds. The minimum atomic E-state index is -0.218. The number of Topliss-reactive ketones (excluding diaryl/α,β-unsaturated/α-hetero) is 1. The molecular weight excluding hydrogens is 216 g/mol. The standard InChI is InChI=1S/C10H13BrO/c1-7(12)10(11)6-8-2-4-9(10)5-3-8/h2,4,8-9H,3,5-6H2,1H3/t8-,9+,10+/m0/s1. The highest BCUT2D eigenvalue weighted by Crippen LogP contribution is 2.48. The van der Waals surface area contributed by atoms with Crippen molar-refractivity contribution in [3.63, 3.8) is 0 Å². The van der Waals surface area contributed by atoms with Gasteiger partial charge in [-0.25, -0.2) is 0 Å². The lowest BCUT2D eigenvalue weighted by Crippen LogP contribution is -2.45. The van der Waals surface area contributed by atoms with Crippen LogP contribution < -0.4 is 0 Å². The number of carbonyl (C=O) groups is 1. The van der Waals surface area contributed by atoms with E-state index in [-0.39, 0.29) is 4.32 Å². The zero-order valence-corrected chi connectivity index (χ0v) is 8.80. The molecule has 2 heteroatoms. The Kier molecular flexibility index (Phi) is 1.90. The molecule has 3 rings (SSSR count). The maximum Gasteiger partial charge on any atom is 0.147 e. The second-order valence-electron chi connectivity index (χ2n) is 3.95. The van der Waals surface area contributed by atoms with Gasteiger partial charge in [0.25, 0.3) is 0 Å². The first-order valence-corrected chi connectivity index (χ1v) is 5.30. The van der Waals surface area contributed by atoms with Crippen molar-refractivity contribution >= 4 is 21.7 Å². The van der Waals surface area contributed by atoms with Gasteiger partial charge < -0.3 is 0 Å². The van der Waals surface area contributed by atoms with Crippen LogP contribution in [0, 0.1) is 11.8 Å². The fraction of sp³-hybridized carbons (Fsp3) is 0.700. The Labute approximate surface area is 81.4 Å². The molecule has 1 nitrogen and oxygen atoms in total. The molecule has 2 bridgehead atoms. The number of alkyl halides is 1. The molecular formula is C10H13BrO. The number of rotatable bonds is 1. The summed E-state index contributed by atoms with van der Waals surface area (Å²) in [5, 5.41) is 0. The van der Waals surface area contributed by atoms with E-state index in [4.69, 9.17) is 0 Å². The van der Waals surface area contributed by atoms with E-state index in [2.05, 4.69) is 28.1 Å². The summed E-state index contributed by atoms with van der Waals surface area (Å²) in [7, 11) is 0. The number of hydrogen-bond donors (Lipinski definition) is 0. The molecule has 0 aromatic carbocycles. The molecule has 3 atom stereocenters. The molecule has 0 saturated heterocycles. The van der Waals surface area contributed by atoms with Gasteiger partial charge in [-0.15, -0.1) is 0 Å². The summed E-state index contributed by atoms with van der Waals surface area (Å²) in [6.45, 7) is 1.70. The van der Waals surface area contributed by atoms with Crippen LogP contribution in [0.4, 0.5) is 0 Å². The second-order valence-corrected chi connectivity index (χ2v) is 5.37. The molecule has 0 aromatic rings. The van der Waals surface area contributed by atoms with Gasteiger partial charge in [-0.2, -0.15) is 0 Å². The topological polar surface area (TPSA) is 17.1 Å². The Morgan fingerprint density at radius 3 is 2.50 bits per heavy atom. The SMILES string of the molecule is CC(=O)[C@]1(Br)C[C@H]2C=C[C@@H]1CC2. The molecule has 0 radical (unpaired) electrons. The van der Waals surface area contributed by atoms with Crippen LogP contribution >= 0.6 is 15.9 Å². The molecule has 0 aliphatic heterocycles. The van der Waals surface area contributed by atoms with Crippen LogP contribution in [-0.4, -0.2) is 10.1 Å². The zero-order valence-electron chi connectivity index (χ0n) is 7.22. The van der Waals surface area contributed by atoms with Crippen LogP contribution in [0.15, 0.2) is 12.2 Å². The molecule has 1 saturated carbocycles. The average Bonchev–Trinajstić information content (AvgIpc) is 2.05. The van der Waals surface area contributed by atoms with Crippen molar-refractivity contribution in [3.05, 3.63) is 12.2 Å². The van der Waals surface area contributed by atoms with E-state index in [1.807, 2.05) is 0 Å². The Hall–Kier alpha value is -0.110. The van der Waals surface area contributed by atoms with Crippen LogP contribution in [0.25, 0.3) is 0 Å². The van der Waals surface area contributed by atoms with Crippen molar-refractivity contribution in [1.82, 2.24) is 0 Å². The second kappa shape index (κ2) is 2.69. The van der Waals surface area contributed by atoms with Gasteiger partial charge in [0.05, 0.1) is 4.32 Å². The smallest absolute Gasteiger partial charge is 0.147 e. The molecule has 1 fully saturated rings. The summed E-state index contributed by atoms with van der Waals surface area (Å²) >= 11 is 3.62. The summed E-state index contributed by atoms with van der Waals surface area (Å²) < 4.78 is -0.218.